The first kappa shape index (κ1) is 24.9. The zero-order valence-corrected chi connectivity index (χ0v) is 19.2. The van der Waals surface area contributed by atoms with E-state index in [1.807, 2.05) is 0 Å². The molecule has 33 heavy (non-hydrogen) atoms. The molecule has 7 nitrogen and oxygen atoms in total. The normalized spacial score (nSPS) is 13.5. The summed E-state index contributed by atoms with van der Waals surface area (Å²) in [6, 6.07) is 9.35. The lowest BCUT2D eigenvalue weighted by atomic mass is 10.1. The van der Waals surface area contributed by atoms with Gasteiger partial charge >= 0.3 is 6.18 Å². The fourth-order valence-electron chi connectivity index (χ4n) is 3.61. The van der Waals surface area contributed by atoms with Crippen molar-refractivity contribution in [2.45, 2.75) is 37.0 Å². The molecule has 0 aliphatic rings. The third-order valence-corrected chi connectivity index (χ3v) is 7.23. The van der Waals surface area contributed by atoms with Gasteiger partial charge in [0, 0.05) is 14.2 Å². The van der Waals surface area contributed by atoms with Gasteiger partial charge in [0.1, 0.15) is 5.82 Å². The molecule has 178 valence electrons. The van der Waals surface area contributed by atoms with Crippen LogP contribution >= 0.6 is 0 Å². The molecule has 0 fully saturated rings. The number of sulfonamides is 1. The summed E-state index contributed by atoms with van der Waals surface area (Å²) in [5, 5.41) is 0.371. The maximum Gasteiger partial charge on any atom is 0.416 e. The van der Waals surface area contributed by atoms with Crippen LogP contribution in [0.3, 0.4) is 0 Å². The topological polar surface area (TPSA) is 81.5 Å². The highest BCUT2D eigenvalue weighted by Crippen LogP contribution is 2.33. The van der Waals surface area contributed by atoms with E-state index in [1.165, 1.54) is 18.7 Å². The molecule has 3 rings (SSSR count). The Balaban J connectivity index is 2.15. The van der Waals surface area contributed by atoms with Crippen LogP contribution in [-0.2, 0) is 27.5 Å². The Labute approximate surface area is 189 Å². The average molecular weight is 484 g/mol. The molecule has 1 heterocycles. The molecular formula is C22H24F3N3O4S. The molecule has 0 saturated heterocycles. The summed E-state index contributed by atoms with van der Waals surface area (Å²) in [6.45, 7) is 2.04. The van der Waals surface area contributed by atoms with Crippen LogP contribution in [-0.4, -0.2) is 43.0 Å². The number of alkyl halides is 3. The maximum atomic E-state index is 13.3. The number of rotatable bonds is 8. The smallest absolute Gasteiger partial charge is 0.383 e. The van der Waals surface area contributed by atoms with Crippen LogP contribution in [0.1, 0.15) is 30.8 Å². The van der Waals surface area contributed by atoms with Crippen LogP contribution in [0.4, 0.5) is 13.2 Å². The number of nitrogens with zero attached hydrogens (tertiary/aromatic N) is 3. The van der Waals surface area contributed by atoms with Gasteiger partial charge in [0.2, 0.25) is 10.0 Å². The summed E-state index contributed by atoms with van der Waals surface area (Å²) >= 11 is 0. The Morgan fingerprint density at radius 1 is 1.15 bits per heavy atom. The molecule has 0 spiro atoms. The van der Waals surface area contributed by atoms with E-state index in [0.29, 0.717) is 17.0 Å². The minimum atomic E-state index is -4.69. The zero-order valence-electron chi connectivity index (χ0n) is 18.3. The van der Waals surface area contributed by atoms with E-state index in [-0.39, 0.29) is 31.0 Å². The second kappa shape index (κ2) is 9.62. The van der Waals surface area contributed by atoms with Crippen LogP contribution in [0, 0.1) is 0 Å². The van der Waals surface area contributed by atoms with E-state index in [4.69, 9.17) is 4.74 Å². The van der Waals surface area contributed by atoms with Gasteiger partial charge in [-0.25, -0.2) is 13.4 Å². The lowest BCUT2D eigenvalue weighted by molar-refractivity contribution is -0.137. The summed E-state index contributed by atoms with van der Waals surface area (Å²) in [7, 11) is -1.60. The molecule has 0 amide bonds. The van der Waals surface area contributed by atoms with Crippen molar-refractivity contribution in [2.75, 3.05) is 20.8 Å². The number of methoxy groups -OCH3 is 1. The average Bonchev–Trinajstić information content (AvgIpc) is 2.78. The van der Waals surface area contributed by atoms with Gasteiger partial charge in [0.25, 0.3) is 5.56 Å². The number of ether oxygens (including phenoxy) is 1. The van der Waals surface area contributed by atoms with Crippen molar-refractivity contribution in [3.05, 3.63) is 70.3 Å². The Bertz CT molecular complexity index is 1310. The van der Waals surface area contributed by atoms with Gasteiger partial charge in [0.05, 0.1) is 40.6 Å². The Kier molecular flexibility index (Phi) is 7.25. The first-order valence-corrected chi connectivity index (χ1v) is 11.6. The van der Waals surface area contributed by atoms with Crippen LogP contribution in [0.5, 0.6) is 0 Å². The predicted molar refractivity (Wildman–Crippen MR) is 117 cm³/mol. The molecule has 0 aliphatic heterocycles. The predicted octanol–water partition coefficient (Wildman–Crippen LogP) is 3.83. The van der Waals surface area contributed by atoms with Crippen LogP contribution < -0.4 is 5.56 Å². The Hall–Kier alpha value is -2.76. The van der Waals surface area contributed by atoms with Gasteiger partial charge < -0.3 is 4.74 Å². The van der Waals surface area contributed by atoms with Crippen molar-refractivity contribution in [3.8, 4) is 0 Å². The molecule has 11 heteroatoms. The van der Waals surface area contributed by atoms with Crippen LogP contribution in [0.25, 0.3) is 10.9 Å². The maximum absolute atomic E-state index is 13.3. The third kappa shape index (κ3) is 4.94. The fraction of sp³-hybridized carbons (Fsp3) is 0.364. The van der Waals surface area contributed by atoms with Crippen molar-refractivity contribution < 1.29 is 26.3 Å². The first-order chi connectivity index (χ1) is 15.5. The lowest BCUT2D eigenvalue weighted by Crippen LogP contribution is -2.37. The minimum absolute atomic E-state index is 0.135. The van der Waals surface area contributed by atoms with Crippen LogP contribution in [0.2, 0.25) is 0 Å². The minimum Gasteiger partial charge on any atom is -0.383 e. The molecule has 2 aromatic carbocycles. The lowest BCUT2D eigenvalue weighted by Gasteiger charge is -2.28. The van der Waals surface area contributed by atoms with E-state index in [1.54, 1.807) is 31.2 Å². The van der Waals surface area contributed by atoms with Crippen molar-refractivity contribution in [2.24, 2.45) is 0 Å². The van der Waals surface area contributed by atoms with Gasteiger partial charge in [-0.1, -0.05) is 25.1 Å². The molecule has 1 unspecified atom stereocenters. The number of aromatic nitrogens is 2. The Morgan fingerprint density at radius 3 is 2.48 bits per heavy atom. The molecule has 1 atom stereocenters. The fourth-order valence-corrected chi connectivity index (χ4v) is 5.04. The van der Waals surface area contributed by atoms with Gasteiger partial charge in [0.15, 0.2) is 0 Å². The van der Waals surface area contributed by atoms with Gasteiger partial charge in [-0.05, 0) is 36.8 Å². The van der Waals surface area contributed by atoms with E-state index in [2.05, 4.69) is 4.98 Å². The highest BCUT2D eigenvalue weighted by molar-refractivity contribution is 7.89. The highest BCUT2D eigenvalue weighted by atomic mass is 32.2. The zero-order chi connectivity index (χ0) is 24.4. The van der Waals surface area contributed by atoms with E-state index < -0.39 is 32.7 Å². The first-order valence-electron chi connectivity index (χ1n) is 10.2. The van der Waals surface area contributed by atoms with E-state index in [0.717, 1.165) is 22.5 Å². The summed E-state index contributed by atoms with van der Waals surface area (Å²) in [5.74, 6) is 0.191. The Morgan fingerprint density at radius 2 is 1.85 bits per heavy atom. The number of benzene rings is 2. The SMILES string of the molecule is CCC(c1nc2ccccc2c(=O)n1CCOC)N(C)S(=O)(=O)c1cccc(C(F)(F)F)c1. The van der Waals surface area contributed by atoms with Gasteiger partial charge in [-0.3, -0.25) is 9.36 Å². The highest BCUT2D eigenvalue weighted by Gasteiger charge is 2.35. The molecule has 0 bridgehead atoms. The molecule has 0 N–H and O–H groups in total. The largest absolute Gasteiger partial charge is 0.416 e. The number of halogens is 3. The van der Waals surface area contributed by atoms with E-state index in [9.17, 15) is 26.4 Å². The number of fused-ring (bicyclic) bond motifs is 1. The van der Waals surface area contributed by atoms with Crippen molar-refractivity contribution in [1.82, 2.24) is 13.9 Å². The van der Waals surface area contributed by atoms with Crippen molar-refractivity contribution in [3.63, 3.8) is 0 Å². The summed E-state index contributed by atoms with van der Waals surface area (Å²) in [4.78, 5) is 17.2. The third-order valence-electron chi connectivity index (χ3n) is 5.37. The molecule has 0 aliphatic carbocycles. The molecule has 1 aromatic heterocycles. The summed E-state index contributed by atoms with van der Waals surface area (Å²) < 4.78 is 73.4. The van der Waals surface area contributed by atoms with Crippen molar-refractivity contribution in [1.29, 1.82) is 0 Å². The molecule has 0 radical (unpaired) electrons. The number of para-hydroxylation sites is 1. The van der Waals surface area contributed by atoms with Crippen molar-refractivity contribution >= 4 is 20.9 Å². The van der Waals surface area contributed by atoms with Gasteiger partial charge in [-0.15, -0.1) is 0 Å². The van der Waals surface area contributed by atoms with Gasteiger partial charge in [-0.2, -0.15) is 17.5 Å². The summed E-state index contributed by atoms with van der Waals surface area (Å²) in [5.41, 5.74) is -1.02. The second-order valence-electron chi connectivity index (χ2n) is 7.41. The monoisotopic (exact) mass is 483 g/mol. The quantitative estimate of drug-likeness (QED) is 0.486. The van der Waals surface area contributed by atoms with E-state index >= 15 is 0 Å². The number of hydrogen-bond donors (Lipinski definition) is 0. The summed E-state index contributed by atoms with van der Waals surface area (Å²) in [6.07, 6.45) is -4.46. The molecular weight excluding hydrogens is 459 g/mol. The van der Waals surface area contributed by atoms with Crippen LogP contribution in [0.15, 0.2) is 58.2 Å². The standard InChI is InChI=1S/C22H24F3N3O4S/c1-4-19(27(2)33(30,31)16-9-7-8-15(14-16)22(23,24)25)20-26-18-11-6-5-10-17(18)21(29)28(20)12-13-32-3/h5-11,14,19H,4,12-13H2,1-3H3. The molecule has 3 aromatic rings. The number of hydrogen-bond acceptors (Lipinski definition) is 5. The second-order valence-corrected chi connectivity index (χ2v) is 9.41. The molecule has 0 saturated carbocycles.